The number of carbonyl (C=O) groups excluding carboxylic acids is 1. The van der Waals surface area contributed by atoms with Gasteiger partial charge >= 0.3 is 6.03 Å². The van der Waals surface area contributed by atoms with Gasteiger partial charge in [0, 0.05) is 59.1 Å². The molecule has 1 N–H and O–H groups in total. The SMILES string of the molecule is O=C(Nc1ccc(Cl)cc1)N1C[C@@H]2C[C@H](C1)c1c(-c3ccccc3F)ccc(=O)n1C2. The number of amides is 2. The quantitative estimate of drug-likeness (QED) is 0.616. The predicted molar refractivity (Wildman–Crippen MR) is 119 cm³/mol. The molecule has 5 rings (SSSR count). The van der Waals surface area contributed by atoms with E-state index in [1.54, 1.807) is 58.0 Å². The topological polar surface area (TPSA) is 54.3 Å². The molecule has 2 atom stereocenters. The van der Waals surface area contributed by atoms with E-state index in [1.807, 2.05) is 0 Å². The molecule has 0 radical (unpaired) electrons. The van der Waals surface area contributed by atoms with Crippen molar-refractivity contribution >= 4 is 23.3 Å². The molecule has 0 unspecified atom stereocenters. The lowest BCUT2D eigenvalue weighted by Gasteiger charge is -2.43. The molecule has 2 aliphatic rings. The van der Waals surface area contributed by atoms with Gasteiger partial charge in [-0.25, -0.2) is 9.18 Å². The van der Waals surface area contributed by atoms with Gasteiger partial charge in [0.25, 0.3) is 5.56 Å². The molecule has 31 heavy (non-hydrogen) atoms. The van der Waals surface area contributed by atoms with Crippen LogP contribution < -0.4 is 10.9 Å². The number of pyridine rings is 1. The second-order valence-electron chi connectivity index (χ2n) is 8.20. The fourth-order valence-corrected chi connectivity index (χ4v) is 4.95. The monoisotopic (exact) mass is 437 g/mol. The van der Waals surface area contributed by atoms with Gasteiger partial charge in [0.1, 0.15) is 5.82 Å². The molecule has 3 heterocycles. The molecule has 2 aliphatic heterocycles. The van der Waals surface area contributed by atoms with Crippen molar-refractivity contribution in [3.8, 4) is 11.1 Å². The number of fused-ring (bicyclic) bond motifs is 4. The van der Waals surface area contributed by atoms with Crippen LogP contribution in [-0.2, 0) is 6.54 Å². The number of anilines is 1. The number of nitrogens with one attached hydrogen (secondary N) is 1. The summed E-state index contributed by atoms with van der Waals surface area (Å²) in [6.07, 6.45) is 0.871. The number of hydrogen-bond donors (Lipinski definition) is 1. The number of benzene rings is 2. The highest BCUT2D eigenvalue weighted by Crippen LogP contribution is 2.40. The third-order valence-corrected chi connectivity index (χ3v) is 6.39. The van der Waals surface area contributed by atoms with Crippen molar-refractivity contribution in [3.63, 3.8) is 0 Å². The average molecular weight is 438 g/mol. The molecular formula is C24H21ClFN3O2. The molecule has 0 aliphatic carbocycles. The highest BCUT2D eigenvalue weighted by molar-refractivity contribution is 6.30. The zero-order chi connectivity index (χ0) is 21.5. The number of piperidine rings is 1. The minimum atomic E-state index is -0.320. The Morgan fingerprint density at radius 2 is 1.74 bits per heavy atom. The third kappa shape index (κ3) is 3.72. The summed E-state index contributed by atoms with van der Waals surface area (Å²) < 4.78 is 16.3. The van der Waals surface area contributed by atoms with Crippen LogP contribution in [0.15, 0.2) is 65.5 Å². The standard InChI is InChI=1S/C24H21ClFN3O2/c25-17-5-7-18(8-6-17)27-24(31)28-12-15-11-16(14-28)23-20(9-10-22(30)29(23)13-15)19-3-1-2-4-21(19)26/h1-10,15-16H,11-14H2,(H,27,31)/t15-,16+/m0/s1. The van der Waals surface area contributed by atoms with Gasteiger partial charge in [-0.1, -0.05) is 29.8 Å². The van der Waals surface area contributed by atoms with Crippen molar-refractivity contribution < 1.29 is 9.18 Å². The van der Waals surface area contributed by atoms with E-state index in [4.69, 9.17) is 11.6 Å². The van der Waals surface area contributed by atoms with Crippen LogP contribution in [-0.4, -0.2) is 28.6 Å². The summed E-state index contributed by atoms with van der Waals surface area (Å²) in [6, 6.07) is 16.6. The molecule has 158 valence electrons. The first-order chi connectivity index (χ1) is 15.0. The van der Waals surface area contributed by atoms with E-state index in [2.05, 4.69) is 5.32 Å². The van der Waals surface area contributed by atoms with E-state index in [0.29, 0.717) is 35.9 Å². The molecule has 1 saturated heterocycles. The van der Waals surface area contributed by atoms with E-state index in [-0.39, 0.29) is 29.2 Å². The zero-order valence-electron chi connectivity index (χ0n) is 16.7. The van der Waals surface area contributed by atoms with E-state index < -0.39 is 0 Å². The Hall–Kier alpha value is -3.12. The van der Waals surface area contributed by atoms with Gasteiger partial charge in [-0.15, -0.1) is 0 Å². The fourth-order valence-electron chi connectivity index (χ4n) is 4.82. The van der Waals surface area contributed by atoms with Crippen LogP contribution in [0.3, 0.4) is 0 Å². The zero-order valence-corrected chi connectivity index (χ0v) is 17.5. The second-order valence-corrected chi connectivity index (χ2v) is 8.64. The van der Waals surface area contributed by atoms with E-state index in [1.165, 1.54) is 12.1 Å². The highest BCUT2D eigenvalue weighted by atomic mass is 35.5. The molecule has 3 aromatic rings. The first-order valence-electron chi connectivity index (χ1n) is 10.3. The van der Waals surface area contributed by atoms with Crippen molar-refractivity contribution in [2.75, 3.05) is 18.4 Å². The van der Waals surface area contributed by atoms with Gasteiger partial charge in [-0.05, 0) is 48.7 Å². The smallest absolute Gasteiger partial charge is 0.321 e. The number of aromatic nitrogens is 1. The molecule has 2 amide bonds. The third-order valence-electron chi connectivity index (χ3n) is 6.14. The number of urea groups is 1. The van der Waals surface area contributed by atoms with Crippen LogP contribution in [0.2, 0.25) is 5.02 Å². The van der Waals surface area contributed by atoms with Crippen LogP contribution >= 0.6 is 11.6 Å². The first-order valence-corrected chi connectivity index (χ1v) is 10.7. The average Bonchev–Trinajstić information content (AvgIpc) is 2.76. The molecule has 1 fully saturated rings. The molecule has 0 spiro atoms. The molecule has 2 bridgehead atoms. The minimum absolute atomic E-state index is 0.0352. The lowest BCUT2D eigenvalue weighted by molar-refractivity contribution is 0.140. The Labute approximate surface area is 184 Å². The number of likely N-dealkylation sites (tertiary alicyclic amines) is 1. The molecule has 2 aromatic carbocycles. The van der Waals surface area contributed by atoms with Crippen molar-refractivity contribution in [3.05, 3.63) is 87.6 Å². The number of rotatable bonds is 2. The normalized spacial score (nSPS) is 19.6. The lowest BCUT2D eigenvalue weighted by atomic mass is 9.80. The number of nitrogens with zero attached hydrogens (tertiary/aromatic N) is 2. The summed E-state index contributed by atoms with van der Waals surface area (Å²) in [5.41, 5.74) is 2.61. The van der Waals surface area contributed by atoms with Gasteiger partial charge in [-0.2, -0.15) is 0 Å². The van der Waals surface area contributed by atoms with Crippen LogP contribution in [0.4, 0.5) is 14.9 Å². The summed E-state index contributed by atoms with van der Waals surface area (Å²) in [4.78, 5) is 27.3. The number of halogens is 2. The van der Waals surface area contributed by atoms with Crippen LogP contribution in [0, 0.1) is 11.7 Å². The van der Waals surface area contributed by atoms with E-state index >= 15 is 0 Å². The van der Waals surface area contributed by atoms with Gasteiger partial charge in [0.05, 0.1) is 0 Å². The number of carbonyl (C=O) groups is 1. The summed E-state index contributed by atoms with van der Waals surface area (Å²) in [7, 11) is 0. The maximum atomic E-state index is 14.6. The van der Waals surface area contributed by atoms with Gasteiger partial charge in [0.2, 0.25) is 0 Å². The van der Waals surface area contributed by atoms with Crippen molar-refractivity contribution in [1.82, 2.24) is 9.47 Å². The minimum Gasteiger partial charge on any atom is -0.324 e. The Bertz CT molecular complexity index is 1210. The maximum absolute atomic E-state index is 14.6. The van der Waals surface area contributed by atoms with E-state index in [9.17, 15) is 14.0 Å². The molecule has 0 saturated carbocycles. The second kappa shape index (κ2) is 7.85. The van der Waals surface area contributed by atoms with Gasteiger partial charge in [0.15, 0.2) is 0 Å². The van der Waals surface area contributed by atoms with Crippen molar-refractivity contribution in [2.45, 2.75) is 18.9 Å². The van der Waals surface area contributed by atoms with E-state index in [0.717, 1.165) is 17.7 Å². The van der Waals surface area contributed by atoms with Crippen LogP contribution in [0.5, 0.6) is 0 Å². The van der Waals surface area contributed by atoms with Gasteiger partial charge < -0.3 is 14.8 Å². The Morgan fingerprint density at radius 1 is 0.968 bits per heavy atom. The first kappa shape index (κ1) is 19.8. The van der Waals surface area contributed by atoms with Crippen molar-refractivity contribution in [2.24, 2.45) is 5.92 Å². The summed E-state index contributed by atoms with van der Waals surface area (Å²) >= 11 is 5.92. The predicted octanol–water partition coefficient (Wildman–Crippen LogP) is 4.96. The summed E-state index contributed by atoms with van der Waals surface area (Å²) in [5.74, 6) is -0.179. The van der Waals surface area contributed by atoms with Gasteiger partial charge in [-0.3, -0.25) is 4.79 Å². The molecule has 5 nitrogen and oxygen atoms in total. The van der Waals surface area contributed by atoms with Crippen LogP contribution in [0.25, 0.3) is 11.1 Å². The lowest BCUT2D eigenvalue weighted by Crippen LogP contribution is -2.50. The highest BCUT2D eigenvalue weighted by Gasteiger charge is 2.38. The Balaban J connectivity index is 1.47. The van der Waals surface area contributed by atoms with Crippen molar-refractivity contribution in [1.29, 1.82) is 0 Å². The Morgan fingerprint density at radius 3 is 2.52 bits per heavy atom. The number of hydrogen-bond acceptors (Lipinski definition) is 2. The summed E-state index contributed by atoms with van der Waals surface area (Å²) in [5, 5.41) is 3.52. The fraction of sp³-hybridized carbons (Fsp3) is 0.250. The maximum Gasteiger partial charge on any atom is 0.321 e. The van der Waals surface area contributed by atoms with Crippen LogP contribution in [0.1, 0.15) is 18.0 Å². The largest absolute Gasteiger partial charge is 0.324 e. The molecular weight excluding hydrogens is 417 g/mol. The summed E-state index contributed by atoms with van der Waals surface area (Å²) in [6.45, 7) is 1.57. The molecule has 1 aromatic heterocycles. The molecule has 7 heteroatoms. The Kier molecular flexibility index (Phi) is 5.02.